The first kappa shape index (κ1) is 73.2. The number of nitrogens with one attached hydrogen (secondary N) is 1. The molecule has 0 aliphatic rings. The van der Waals surface area contributed by atoms with Crippen LogP contribution in [0.15, 0.2) is 109 Å². The summed E-state index contributed by atoms with van der Waals surface area (Å²) in [5, 5.41) is 13.9. The van der Waals surface area contributed by atoms with Crippen molar-refractivity contribution in [2.24, 2.45) is 0 Å². The van der Waals surface area contributed by atoms with Crippen LogP contribution >= 0.6 is 7.82 Å². The molecule has 1 amide bonds. The Morgan fingerprint density at radius 1 is 0.461 bits per heavy atom. The summed E-state index contributed by atoms with van der Waals surface area (Å²) in [7, 11) is 1.54. The molecular formula is C67H120N2O6P+. The lowest BCUT2D eigenvalue weighted by Crippen LogP contribution is -2.45. The van der Waals surface area contributed by atoms with E-state index in [2.05, 4.69) is 116 Å². The number of nitrogens with zero attached hydrogens (tertiary/aromatic N) is 1. The van der Waals surface area contributed by atoms with Crippen LogP contribution in [0.1, 0.15) is 258 Å². The Hall–Kier alpha value is -2.84. The van der Waals surface area contributed by atoms with Crippen LogP contribution in [-0.2, 0) is 18.4 Å². The molecule has 3 atom stereocenters. The number of likely N-dealkylation sites (N-methyl/N-ethyl adjacent to an activating group) is 1. The number of hydrogen-bond acceptors (Lipinski definition) is 5. The predicted octanol–water partition coefficient (Wildman–Crippen LogP) is 19.5. The number of rotatable bonds is 56. The number of phosphoric ester groups is 1. The third-order valence-electron chi connectivity index (χ3n) is 13.5. The van der Waals surface area contributed by atoms with Gasteiger partial charge in [0.05, 0.1) is 39.9 Å². The third-order valence-corrected chi connectivity index (χ3v) is 14.4. The van der Waals surface area contributed by atoms with Crippen LogP contribution < -0.4 is 5.32 Å². The molecule has 3 unspecified atom stereocenters. The zero-order valence-electron chi connectivity index (χ0n) is 50.0. The van der Waals surface area contributed by atoms with Gasteiger partial charge >= 0.3 is 7.82 Å². The van der Waals surface area contributed by atoms with Gasteiger partial charge in [-0.15, -0.1) is 0 Å². The molecule has 3 N–H and O–H groups in total. The van der Waals surface area contributed by atoms with Gasteiger partial charge in [0.25, 0.3) is 0 Å². The highest BCUT2D eigenvalue weighted by Gasteiger charge is 2.27. The second-order valence-electron chi connectivity index (χ2n) is 22.0. The number of quaternary nitrogens is 1. The van der Waals surface area contributed by atoms with E-state index in [1.165, 1.54) is 154 Å². The number of amides is 1. The molecule has 0 radical (unpaired) electrons. The van der Waals surface area contributed by atoms with Gasteiger partial charge in [0.15, 0.2) is 0 Å². The molecular weight excluding hydrogens is 960 g/mol. The molecule has 0 aromatic heterocycles. The topological polar surface area (TPSA) is 105 Å². The minimum atomic E-state index is -4.37. The molecule has 76 heavy (non-hydrogen) atoms. The molecule has 438 valence electrons. The van der Waals surface area contributed by atoms with Crippen LogP contribution in [0, 0.1) is 0 Å². The summed E-state index contributed by atoms with van der Waals surface area (Å²) in [6.07, 6.45) is 83.5. The number of carbonyl (C=O) groups is 1. The van der Waals surface area contributed by atoms with Crippen molar-refractivity contribution in [3.8, 4) is 0 Å². The lowest BCUT2D eigenvalue weighted by Gasteiger charge is -2.25. The van der Waals surface area contributed by atoms with Crippen LogP contribution in [0.5, 0.6) is 0 Å². The van der Waals surface area contributed by atoms with Gasteiger partial charge in [-0.05, 0) is 96.3 Å². The Morgan fingerprint density at radius 3 is 1.21 bits per heavy atom. The van der Waals surface area contributed by atoms with E-state index in [0.717, 1.165) is 83.5 Å². The minimum absolute atomic E-state index is 0.0500. The number of phosphoric acid groups is 1. The molecule has 0 saturated carbocycles. The zero-order chi connectivity index (χ0) is 55.6. The fourth-order valence-electron chi connectivity index (χ4n) is 8.61. The van der Waals surface area contributed by atoms with Crippen LogP contribution in [0.2, 0.25) is 0 Å². The second kappa shape index (κ2) is 56.9. The summed E-state index contributed by atoms with van der Waals surface area (Å²) < 4.78 is 23.7. The lowest BCUT2D eigenvalue weighted by atomic mass is 10.0. The summed E-state index contributed by atoms with van der Waals surface area (Å²) in [6.45, 7) is 4.68. The average Bonchev–Trinajstić information content (AvgIpc) is 3.38. The van der Waals surface area contributed by atoms with E-state index < -0.39 is 20.0 Å². The Balaban J connectivity index is 4.14. The summed E-state index contributed by atoms with van der Waals surface area (Å²) in [5.74, 6) is -0.193. The van der Waals surface area contributed by atoms with Crippen molar-refractivity contribution < 1.29 is 32.9 Å². The van der Waals surface area contributed by atoms with E-state index in [4.69, 9.17) is 9.05 Å². The maximum absolute atomic E-state index is 13.0. The number of hydrogen-bond donors (Lipinski definition) is 3. The molecule has 0 rings (SSSR count). The van der Waals surface area contributed by atoms with E-state index in [0.29, 0.717) is 17.4 Å². The third kappa shape index (κ3) is 58.8. The van der Waals surface area contributed by atoms with Gasteiger partial charge in [0.1, 0.15) is 13.2 Å². The quantitative estimate of drug-likeness (QED) is 0.0243. The van der Waals surface area contributed by atoms with Gasteiger partial charge < -0.3 is 19.8 Å². The summed E-state index contributed by atoms with van der Waals surface area (Å²) >= 11 is 0. The van der Waals surface area contributed by atoms with Crippen molar-refractivity contribution in [1.29, 1.82) is 0 Å². The van der Waals surface area contributed by atoms with Crippen LogP contribution in [-0.4, -0.2) is 73.4 Å². The molecule has 0 saturated heterocycles. The van der Waals surface area contributed by atoms with Gasteiger partial charge in [-0.2, -0.15) is 0 Å². The fourth-order valence-corrected chi connectivity index (χ4v) is 9.34. The van der Waals surface area contributed by atoms with E-state index in [-0.39, 0.29) is 19.1 Å². The highest BCUT2D eigenvalue weighted by atomic mass is 31.2. The Bertz CT molecular complexity index is 1600. The highest BCUT2D eigenvalue weighted by molar-refractivity contribution is 7.47. The summed E-state index contributed by atoms with van der Waals surface area (Å²) in [5.41, 5.74) is 0. The molecule has 0 aliphatic heterocycles. The van der Waals surface area contributed by atoms with Crippen LogP contribution in [0.3, 0.4) is 0 Å². The minimum Gasteiger partial charge on any atom is -0.387 e. The highest BCUT2D eigenvalue weighted by Crippen LogP contribution is 2.43. The van der Waals surface area contributed by atoms with Gasteiger partial charge in [0, 0.05) is 6.42 Å². The van der Waals surface area contributed by atoms with Gasteiger partial charge in [0.2, 0.25) is 5.91 Å². The SMILES string of the molecule is CC/C=C\C/C=C\C/C=C\C/C=C\C/C=C\C/C=C\CCCCCCCCCCCCCCCCCCC(=O)NC(COP(=O)(O)OCC[N+](C)(C)C)C(O)/C=C/CC/C=C/CC/C=C/CCCCCCCCCCC. The molecule has 9 heteroatoms. The van der Waals surface area contributed by atoms with Crippen molar-refractivity contribution >= 4 is 13.7 Å². The van der Waals surface area contributed by atoms with Crippen LogP contribution in [0.25, 0.3) is 0 Å². The number of allylic oxidation sites excluding steroid dienone is 17. The molecule has 0 aromatic rings. The molecule has 0 spiro atoms. The first-order chi connectivity index (χ1) is 37.0. The van der Waals surface area contributed by atoms with E-state index in [9.17, 15) is 19.4 Å². The number of aliphatic hydroxyl groups is 1. The van der Waals surface area contributed by atoms with Crippen molar-refractivity contribution in [3.63, 3.8) is 0 Å². The number of unbranched alkanes of at least 4 members (excludes halogenated alkanes) is 27. The number of aliphatic hydroxyl groups excluding tert-OH is 1. The van der Waals surface area contributed by atoms with E-state index in [1.807, 2.05) is 27.2 Å². The van der Waals surface area contributed by atoms with Crippen molar-refractivity contribution in [2.75, 3.05) is 40.9 Å². The fraction of sp³-hybridized carbons (Fsp3) is 0.716. The Labute approximate surface area is 470 Å². The van der Waals surface area contributed by atoms with E-state index in [1.54, 1.807) is 6.08 Å². The average molecular weight is 1080 g/mol. The monoisotopic (exact) mass is 1080 g/mol. The predicted molar refractivity (Wildman–Crippen MR) is 332 cm³/mol. The molecule has 0 heterocycles. The molecule has 0 fully saturated rings. The lowest BCUT2D eigenvalue weighted by molar-refractivity contribution is -0.870. The number of carbonyl (C=O) groups excluding carboxylic acids is 1. The summed E-state index contributed by atoms with van der Waals surface area (Å²) in [4.78, 5) is 23.3. The zero-order valence-corrected chi connectivity index (χ0v) is 50.9. The first-order valence-electron chi connectivity index (χ1n) is 31.3. The van der Waals surface area contributed by atoms with Crippen molar-refractivity contribution in [3.05, 3.63) is 109 Å². The largest absolute Gasteiger partial charge is 0.472 e. The first-order valence-corrected chi connectivity index (χ1v) is 32.8. The Morgan fingerprint density at radius 2 is 0.803 bits per heavy atom. The van der Waals surface area contributed by atoms with Gasteiger partial charge in [-0.25, -0.2) is 4.57 Å². The molecule has 8 nitrogen and oxygen atoms in total. The van der Waals surface area contributed by atoms with Crippen molar-refractivity contribution in [2.45, 2.75) is 270 Å². The standard InChI is InChI=1S/C67H119N2O6P/c1-6-8-10-12-14-16-18-20-22-24-26-27-28-29-30-31-32-33-34-35-36-37-38-39-40-41-43-45-47-49-51-53-55-57-59-61-67(71)68-65(64-75-76(72,73)74-63-62-69(3,4)5)66(70)60-58-56-54-52-50-48-46-44-42-25-23-21-19-17-15-13-11-9-7-2/h8,10,14,16,20,22,26-27,29-30,32-33,42,44,50,52,58,60,65-66,70H,6-7,9,11-13,15,17-19,21,23-25,28,31,34-41,43,45-49,51,53-57,59,61-64H2,1-5H3,(H-,68,71,72,73)/p+1/b10-8-,16-14-,22-20-,27-26-,30-29-,33-32-,44-42+,52-50+,60-58+. The molecule has 0 aliphatic carbocycles. The maximum atomic E-state index is 13.0. The van der Waals surface area contributed by atoms with Gasteiger partial charge in [-0.3, -0.25) is 13.8 Å². The molecule has 0 bridgehead atoms. The van der Waals surface area contributed by atoms with Crippen LogP contribution in [0.4, 0.5) is 0 Å². The second-order valence-corrected chi connectivity index (χ2v) is 23.5. The normalized spacial score (nSPS) is 14.6. The van der Waals surface area contributed by atoms with Crippen molar-refractivity contribution in [1.82, 2.24) is 5.32 Å². The van der Waals surface area contributed by atoms with E-state index >= 15 is 0 Å². The smallest absolute Gasteiger partial charge is 0.387 e. The maximum Gasteiger partial charge on any atom is 0.472 e. The summed E-state index contributed by atoms with van der Waals surface area (Å²) in [6, 6.07) is -0.876. The Kier molecular flexibility index (Phi) is 54.7. The molecule has 0 aromatic carbocycles. The van der Waals surface area contributed by atoms with Gasteiger partial charge in [-0.1, -0.05) is 264 Å².